The van der Waals surface area contributed by atoms with Crippen LogP contribution in [0.15, 0.2) is 42.5 Å². The van der Waals surface area contributed by atoms with Crippen LogP contribution in [0.4, 0.5) is 4.39 Å². The highest BCUT2D eigenvalue weighted by atomic mass is 19.1. The lowest BCUT2D eigenvalue weighted by Crippen LogP contribution is -2.26. The van der Waals surface area contributed by atoms with Gasteiger partial charge in [-0.1, -0.05) is 31.2 Å². The maximum Gasteiger partial charge on any atom is 0.254 e. The molecule has 0 aromatic heterocycles. The first-order valence-corrected chi connectivity index (χ1v) is 7.10. The summed E-state index contributed by atoms with van der Waals surface area (Å²) in [6.07, 6.45) is 1.00. The lowest BCUT2D eigenvalue weighted by atomic mass is 10.1. The van der Waals surface area contributed by atoms with Crippen molar-refractivity contribution < 1.29 is 9.18 Å². The third-order valence-electron chi connectivity index (χ3n) is 3.62. The second-order valence-corrected chi connectivity index (χ2v) is 5.29. The summed E-state index contributed by atoms with van der Waals surface area (Å²) in [6, 6.07) is 12.5. The minimum atomic E-state index is -0.318. The molecule has 2 rings (SSSR count). The zero-order chi connectivity index (χ0) is 15.4. The van der Waals surface area contributed by atoms with Crippen LogP contribution in [0.5, 0.6) is 0 Å². The van der Waals surface area contributed by atoms with Gasteiger partial charge in [0, 0.05) is 19.2 Å². The van der Waals surface area contributed by atoms with Crippen LogP contribution in [0, 0.1) is 12.7 Å². The Morgan fingerprint density at radius 1 is 1.10 bits per heavy atom. The molecule has 21 heavy (non-hydrogen) atoms. The van der Waals surface area contributed by atoms with E-state index in [4.69, 9.17) is 0 Å². The summed E-state index contributed by atoms with van der Waals surface area (Å²) in [6.45, 7) is 4.40. The van der Waals surface area contributed by atoms with Crippen LogP contribution in [0.1, 0.15) is 34.0 Å². The molecule has 0 saturated heterocycles. The zero-order valence-corrected chi connectivity index (χ0v) is 12.7. The molecule has 0 N–H and O–H groups in total. The first-order valence-electron chi connectivity index (χ1n) is 7.10. The first kappa shape index (κ1) is 15.2. The third kappa shape index (κ3) is 3.69. The molecule has 0 saturated carbocycles. The molecule has 2 aromatic carbocycles. The number of aryl methyl sites for hydroxylation is 2. The van der Waals surface area contributed by atoms with Crippen molar-refractivity contribution in [3.63, 3.8) is 0 Å². The second kappa shape index (κ2) is 6.53. The molecule has 2 nitrogen and oxygen atoms in total. The van der Waals surface area contributed by atoms with Gasteiger partial charge in [0.2, 0.25) is 0 Å². The van der Waals surface area contributed by atoms with E-state index in [1.165, 1.54) is 17.7 Å². The Labute approximate surface area is 125 Å². The molecule has 1 amide bonds. The summed E-state index contributed by atoms with van der Waals surface area (Å²) >= 11 is 0. The minimum absolute atomic E-state index is 0.0907. The largest absolute Gasteiger partial charge is 0.337 e. The third-order valence-corrected chi connectivity index (χ3v) is 3.62. The van der Waals surface area contributed by atoms with Gasteiger partial charge in [0.1, 0.15) is 5.82 Å². The molecule has 0 fully saturated rings. The number of carbonyl (C=O) groups excluding carboxylic acids is 1. The average molecular weight is 285 g/mol. The molecule has 0 atom stereocenters. The van der Waals surface area contributed by atoms with Gasteiger partial charge in [0.05, 0.1) is 0 Å². The lowest BCUT2D eigenvalue weighted by Gasteiger charge is -2.18. The van der Waals surface area contributed by atoms with Crippen molar-refractivity contribution in [2.45, 2.75) is 26.8 Å². The van der Waals surface area contributed by atoms with Gasteiger partial charge in [-0.2, -0.15) is 0 Å². The smallest absolute Gasteiger partial charge is 0.254 e. The molecule has 0 bridgehead atoms. The van der Waals surface area contributed by atoms with Gasteiger partial charge < -0.3 is 4.90 Å². The topological polar surface area (TPSA) is 20.3 Å². The zero-order valence-electron chi connectivity index (χ0n) is 12.7. The van der Waals surface area contributed by atoms with E-state index in [2.05, 4.69) is 19.1 Å². The molecule has 0 aliphatic rings. The molecule has 0 spiro atoms. The molecule has 2 aromatic rings. The highest BCUT2D eigenvalue weighted by molar-refractivity contribution is 5.95. The van der Waals surface area contributed by atoms with Crippen molar-refractivity contribution in [2.24, 2.45) is 0 Å². The number of nitrogens with zero attached hydrogens (tertiary/aromatic N) is 1. The summed E-state index contributed by atoms with van der Waals surface area (Å²) in [4.78, 5) is 14.1. The van der Waals surface area contributed by atoms with Crippen LogP contribution < -0.4 is 0 Å². The highest BCUT2D eigenvalue weighted by Crippen LogP contribution is 2.14. The second-order valence-electron chi connectivity index (χ2n) is 5.29. The summed E-state index contributed by atoms with van der Waals surface area (Å²) < 4.78 is 13.1. The summed E-state index contributed by atoms with van der Waals surface area (Å²) in [5.74, 6) is -0.408. The number of hydrogen-bond acceptors (Lipinski definition) is 1. The highest BCUT2D eigenvalue weighted by Gasteiger charge is 2.14. The Morgan fingerprint density at radius 2 is 1.71 bits per heavy atom. The molecule has 0 aliphatic heterocycles. The van der Waals surface area contributed by atoms with Gasteiger partial charge >= 0.3 is 0 Å². The van der Waals surface area contributed by atoms with Crippen LogP contribution in [0.2, 0.25) is 0 Å². The summed E-state index contributed by atoms with van der Waals surface area (Å²) in [5.41, 5.74) is 3.57. The van der Waals surface area contributed by atoms with E-state index >= 15 is 0 Å². The predicted molar refractivity (Wildman–Crippen MR) is 82.8 cm³/mol. The van der Waals surface area contributed by atoms with E-state index in [9.17, 15) is 9.18 Å². The fourth-order valence-corrected chi connectivity index (χ4v) is 2.30. The number of hydrogen-bond donors (Lipinski definition) is 0. The molecule has 110 valence electrons. The number of benzene rings is 2. The fraction of sp³-hybridized carbons (Fsp3) is 0.278. The van der Waals surface area contributed by atoms with Gasteiger partial charge in [-0.25, -0.2) is 4.39 Å². The van der Waals surface area contributed by atoms with Crippen molar-refractivity contribution in [1.29, 1.82) is 0 Å². The van der Waals surface area contributed by atoms with Crippen molar-refractivity contribution in [2.75, 3.05) is 7.05 Å². The van der Waals surface area contributed by atoms with E-state index in [1.54, 1.807) is 24.9 Å². The Bertz CT molecular complexity index is 634. The maximum atomic E-state index is 13.1. The Kier molecular flexibility index (Phi) is 4.73. The predicted octanol–water partition coefficient (Wildman–Crippen LogP) is 3.97. The van der Waals surface area contributed by atoms with E-state index in [-0.39, 0.29) is 11.7 Å². The van der Waals surface area contributed by atoms with Gasteiger partial charge in [-0.15, -0.1) is 0 Å². The number of amides is 1. The monoisotopic (exact) mass is 285 g/mol. The molecular formula is C18H20FNO. The van der Waals surface area contributed by atoms with E-state index < -0.39 is 0 Å². The van der Waals surface area contributed by atoms with Gasteiger partial charge in [-0.05, 0) is 48.2 Å². The van der Waals surface area contributed by atoms with E-state index in [0.29, 0.717) is 17.7 Å². The van der Waals surface area contributed by atoms with Crippen LogP contribution in [-0.2, 0) is 13.0 Å². The minimum Gasteiger partial charge on any atom is -0.337 e. The SMILES string of the molecule is CCc1ccc(CN(C)C(=O)c2ccc(F)cc2C)cc1. The van der Waals surface area contributed by atoms with Crippen molar-refractivity contribution in [3.05, 3.63) is 70.5 Å². The Morgan fingerprint density at radius 3 is 2.29 bits per heavy atom. The molecular weight excluding hydrogens is 265 g/mol. The number of halogens is 1. The lowest BCUT2D eigenvalue weighted by molar-refractivity contribution is 0.0784. The molecule has 3 heteroatoms. The van der Waals surface area contributed by atoms with Crippen molar-refractivity contribution in [3.8, 4) is 0 Å². The quantitative estimate of drug-likeness (QED) is 0.832. The van der Waals surface area contributed by atoms with E-state index in [0.717, 1.165) is 12.0 Å². The van der Waals surface area contributed by atoms with Crippen LogP contribution >= 0.6 is 0 Å². The van der Waals surface area contributed by atoms with Gasteiger partial charge in [0.15, 0.2) is 0 Å². The fourth-order valence-electron chi connectivity index (χ4n) is 2.30. The van der Waals surface area contributed by atoms with Gasteiger partial charge in [-0.3, -0.25) is 4.79 Å². The average Bonchev–Trinajstić information content (AvgIpc) is 2.47. The normalized spacial score (nSPS) is 10.5. The Hall–Kier alpha value is -2.16. The van der Waals surface area contributed by atoms with Crippen molar-refractivity contribution >= 4 is 5.91 Å². The van der Waals surface area contributed by atoms with Crippen molar-refractivity contribution in [1.82, 2.24) is 4.90 Å². The van der Waals surface area contributed by atoms with Crippen LogP contribution in [0.3, 0.4) is 0 Å². The maximum absolute atomic E-state index is 13.1. The van der Waals surface area contributed by atoms with Gasteiger partial charge in [0.25, 0.3) is 5.91 Å². The van der Waals surface area contributed by atoms with E-state index in [1.807, 2.05) is 12.1 Å². The summed E-state index contributed by atoms with van der Waals surface area (Å²) in [7, 11) is 1.76. The Balaban J connectivity index is 2.11. The number of rotatable bonds is 4. The first-order chi connectivity index (χ1) is 10.0. The summed E-state index contributed by atoms with van der Waals surface area (Å²) in [5, 5.41) is 0. The number of carbonyl (C=O) groups is 1. The van der Waals surface area contributed by atoms with Crippen LogP contribution in [0.25, 0.3) is 0 Å². The molecule has 0 heterocycles. The molecule has 0 unspecified atom stereocenters. The standard InChI is InChI=1S/C18H20FNO/c1-4-14-5-7-15(8-6-14)12-20(3)18(21)17-10-9-16(19)11-13(17)2/h5-11H,4,12H2,1-3H3. The van der Waals surface area contributed by atoms with Crippen LogP contribution in [-0.4, -0.2) is 17.9 Å². The molecule has 0 aliphatic carbocycles. The molecule has 0 radical (unpaired) electrons.